The molecule has 1 fully saturated rings. The summed E-state index contributed by atoms with van der Waals surface area (Å²) in [5.74, 6) is -0.522. The van der Waals surface area contributed by atoms with Gasteiger partial charge in [0, 0.05) is 49.4 Å². The molecule has 2 N–H and O–H groups in total. The number of hydrogen-bond acceptors (Lipinski definition) is 5. The van der Waals surface area contributed by atoms with Gasteiger partial charge in [0.25, 0.3) is 5.56 Å². The van der Waals surface area contributed by atoms with E-state index < -0.39 is 12.0 Å². The smallest absolute Gasteiger partial charge is 0.338 e. The molecule has 5 rings (SSSR count). The van der Waals surface area contributed by atoms with Crippen molar-refractivity contribution < 1.29 is 19.1 Å². The number of aromatic nitrogens is 1. The summed E-state index contributed by atoms with van der Waals surface area (Å²) < 4.78 is 6.84. The Hall–Kier alpha value is -4.40. The Bertz CT molecular complexity index is 1400. The number of urea groups is 1. The average molecular weight is 529 g/mol. The van der Waals surface area contributed by atoms with Gasteiger partial charge in [-0.25, -0.2) is 9.59 Å². The highest BCUT2D eigenvalue weighted by molar-refractivity contribution is 5.98. The van der Waals surface area contributed by atoms with E-state index in [-0.39, 0.29) is 35.9 Å². The number of carbonyl (C=O) groups excluding carboxylic acids is 3. The molecular formula is C30H32N4O5. The average Bonchev–Trinajstić information content (AvgIpc) is 2.94. The molecule has 202 valence electrons. The highest BCUT2D eigenvalue weighted by atomic mass is 16.5. The highest BCUT2D eigenvalue weighted by Crippen LogP contribution is 2.34. The summed E-state index contributed by atoms with van der Waals surface area (Å²) in [6, 6.07) is 20.2. The molecular weight excluding hydrogens is 496 g/mol. The third-order valence-electron chi connectivity index (χ3n) is 7.33. The first-order chi connectivity index (χ1) is 18.9. The number of piperidine rings is 1. The van der Waals surface area contributed by atoms with E-state index in [0.29, 0.717) is 37.3 Å². The van der Waals surface area contributed by atoms with E-state index in [1.165, 1.54) is 0 Å². The van der Waals surface area contributed by atoms with Crippen LogP contribution in [-0.2, 0) is 22.5 Å². The zero-order valence-corrected chi connectivity index (χ0v) is 21.8. The SMILES string of the molecule is CCOC(=O)c1ccc(NC(=O)[C@H](Cc2ccccc2)NC(=O)N2CC3CC(C2)c2cccc(=O)n2C3)cc1. The van der Waals surface area contributed by atoms with Crippen molar-refractivity contribution in [2.45, 2.75) is 38.3 Å². The Kier molecular flexibility index (Phi) is 7.76. The maximum atomic E-state index is 13.5. The van der Waals surface area contributed by atoms with Crippen LogP contribution in [0.5, 0.6) is 0 Å². The lowest BCUT2D eigenvalue weighted by molar-refractivity contribution is -0.118. The van der Waals surface area contributed by atoms with E-state index in [0.717, 1.165) is 17.7 Å². The van der Waals surface area contributed by atoms with Gasteiger partial charge < -0.3 is 24.8 Å². The molecule has 2 unspecified atom stereocenters. The summed E-state index contributed by atoms with van der Waals surface area (Å²) in [5, 5.41) is 5.82. The van der Waals surface area contributed by atoms with E-state index in [1.54, 1.807) is 48.2 Å². The number of anilines is 1. The Morgan fingerprint density at radius 3 is 2.46 bits per heavy atom. The molecule has 2 aliphatic heterocycles. The van der Waals surface area contributed by atoms with E-state index in [9.17, 15) is 19.2 Å². The minimum absolute atomic E-state index is 0.00464. The number of carbonyl (C=O) groups is 3. The largest absolute Gasteiger partial charge is 0.462 e. The molecule has 3 heterocycles. The van der Waals surface area contributed by atoms with Gasteiger partial charge in [0.2, 0.25) is 5.91 Å². The number of ether oxygens (including phenoxy) is 1. The molecule has 1 aromatic heterocycles. The molecule has 2 bridgehead atoms. The summed E-state index contributed by atoms with van der Waals surface area (Å²) in [6.07, 6.45) is 1.25. The summed E-state index contributed by atoms with van der Waals surface area (Å²) in [6.45, 7) is 3.62. The van der Waals surface area contributed by atoms with Crippen molar-refractivity contribution in [3.8, 4) is 0 Å². The summed E-state index contributed by atoms with van der Waals surface area (Å²) in [5.41, 5.74) is 2.77. The van der Waals surface area contributed by atoms with Crippen LogP contribution in [0.1, 0.15) is 40.9 Å². The number of amides is 3. The maximum absolute atomic E-state index is 13.5. The zero-order valence-electron chi connectivity index (χ0n) is 21.8. The van der Waals surface area contributed by atoms with Gasteiger partial charge in [0.15, 0.2) is 0 Å². The summed E-state index contributed by atoms with van der Waals surface area (Å²) in [4.78, 5) is 52.9. The van der Waals surface area contributed by atoms with Gasteiger partial charge >= 0.3 is 12.0 Å². The first kappa shape index (κ1) is 26.2. The van der Waals surface area contributed by atoms with Crippen LogP contribution in [-0.4, -0.2) is 53.1 Å². The summed E-state index contributed by atoms with van der Waals surface area (Å²) in [7, 11) is 0. The Balaban J connectivity index is 1.29. The van der Waals surface area contributed by atoms with Crippen molar-refractivity contribution in [1.29, 1.82) is 0 Å². The minimum atomic E-state index is -0.818. The van der Waals surface area contributed by atoms with Crippen LogP contribution in [0.15, 0.2) is 77.6 Å². The molecule has 39 heavy (non-hydrogen) atoms. The number of hydrogen-bond donors (Lipinski definition) is 2. The van der Waals surface area contributed by atoms with Crippen molar-refractivity contribution in [1.82, 2.24) is 14.8 Å². The maximum Gasteiger partial charge on any atom is 0.338 e. The van der Waals surface area contributed by atoms with Gasteiger partial charge in [-0.05, 0) is 55.2 Å². The molecule has 3 atom stereocenters. The zero-order chi connectivity index (χ0) is 27.4. The lowest BCUT2D eigenvalue weighted by Gasteiger charge is -2.43. The van der Waals surface area contributed by atoms with Crippen molar-refractivity contribution in [2.75, 3.05) is 25.0 Å². The summed E-state index contributed by atoms with van der Waals surface area (Å²) >= 11 is 0. The number of benzene rings is 2. The highest BCUT2D eigenvalue weighted by Gasteiger charge is 2.37. The number of nitrogens with one attached hydrogen (secondary N) is 2. The molecule has 9 heteroatoms. The monoisotopic (exact) mass is 528 g/mol. The molecule has 0 aliphatic carbocycles. The van der Waals surface area contributed by atoms with E-state index >= 15 is 0 Å². The molecule has 2 aromatic carbocycles. The normalized spacial score (nSPS) is 18.4. The van der Waals surface area contributed by atoms with Crippen LogP contribution >= 0.6 is 0 Å². The van der Waals surface area contributed by atoms with Crippen LogP contribution < -0.4 is 16.2 Å². The molecule has 0 saturated carbocycles. The minimum Gasteiger partial charge on any atom is -0.462 e. The number of fused-ring (bicyclic) bond motifs is 4. The Morgan fingerprint density at radius 1 is 0.949 bits per heavy atom. The van der Waals surface area contributed by atoms with E-state index in [4.69, 9.17) is 4.74 Å². The molecule has 0 spiro atoms. The fourth-order valence-electron chi connectivity index (χ4n) is 5.50. The quantitative estimate of drug-likeness (QED) is 0.457. The number of likely N-dealkylation sites (tertiary alicyclic amines) is 1. The van der Waals surface area contributed by atoms with Crippen molar-refractivity contribution in [2.24, 2.45) is 5.92 Å². The second-order valence-corrected chi connectivity index (χ2v) is 10.1. The first-order valence-electron chi connectivity index (χ1n) is 13.3. The van der Waals surface area contributed by atoms with Crippen LogP contribution in [0.25, 0.3) is 0 Å². The Morgan fingerprint density at radius 2 is 1.72 bits per heavy atom. The van der Waals surface area contributed by atoms with Gasteiger partial charge in [-0.2, -0.15) is 0 Å². The van der Waals surface area contributed by atoms with Crippen LogP contribution in [0, 0.1) is 5.92 Å². The van der Waals surface area contributed by atoms with Gasteiger partial charge in [-0.1, -0.05) is 36.4 Å². The second-order valence-electron chi connectivity index (χ2n) is 10.1. The fraction of sp³-hybridized carbons (Fsp3) is 0.333. The molecule has 9 nitrogen and oxygen atoms in total. The van der Waals surface area contributed by atoms with Gasteiger partial charge in [-0.15, -0.1) is 0 Å². The van der Waals surface area contributed by atoms with Crippen molar-refractivity contribution in [3.63, 3.8) is 0 Å². The standard InChI is InChI=1S/C30H32N4O5/c1-2-39-29(37)22-11-13-24(14-12-22)31-28(36)25(16-20-7-4-3-5-8-20)32-30(38)33-17-21-15-23(19-33)26-9-6-10-27(35)34(26)18-21/h3-14,21,23,25H,2,15-19H2,1H3,(H,31,36)(H,32,38)/t21?,23?,25-/m0/s1. The van der Waals surface area contributed by atoms with E-state index in [2.05, 4.69) is 10.6 Å². The molecule has 3 aromatic rings. The van der Waals surface area contributed by atoms with Gasteiger partial charge in [-0.3, -0.25) is 9.59 Å². The van der Waals surface area contributed by atoms with Crippen LogP contribution in [0.3, 0.4) is 0 Å². The lowest BCUT2D eigenvalue weighted by atomic mass is 9.83. The number of esters is 1. The first-order valence-corrected chi connectivity index (χ1v) is 13.3. The molecule has 3 amide bonds. The third kappa shape index (κ3) is 6.03. The van der Waals surface area contributed by atoms with Gasteiger partial charge in [0.1, 0.15) is 6.04 Å². The predicted molar refractivity (Wildman–Crippen MR) is 147 cm³/mol. The van der Waals surface area contributed by atoms with Crippen molar-refractivity contribution in [3.05, 3.63) is 100.0 Å². The van der Waals surface area contributed by atoms with Crippen LogP contribution in [0.4, 0.5) is 10.5 Å². The van der Waals surface area contributed by atoms with Crippen LogP contribution in [0.2, 0.25) is 0 Å². The number of nitrogens with zero attached hydrogens (tertiary/aromatic N) is 2. The molecule has 2 aliphatic rings. The third-order valence-corrected chi connectivity index (χ3v) is 7.33. The van der Waals surface area contributed by atoms with E-state index in [1.807, 2.05) is 41.0 Å². The topological polar surface area (TPSA) is 110 Å². The number of rotatable bonds is 7. The predicted octanol–water partition coefficient (Wildman–Crippen LogP) is 3.40. The Labute approximate surface area is 226 Å². The number of pyridine rings is 1. The second kappa shape index (κ2) is 11.6. The fourth-order valence-corrected chi connectivity index (χ4v) is 5.50. The molecule has 1 saturated heterocycles. The van der Waals surface area contributed by atoms with Gasteiger partial charge in [0.05, 0.1) is 12.2 Å². The lowest BCUT2D eigenvalue weighted by Crippen LogP contribution is -2.55. The van der Waals surface area contributed by atoms with Crippen molar-refractivity contribution >= 4 is 23.6 Å². The molecule has 0 radical (unpaired) electrons.